The lowest BCUT2D eigenvalue weighted by atomic mass is 10.1. The summed E-state index contributed by atoms with van der Waals surface area (Å²) in [7, 11) is 1.60. The first-order chi connectivity index (χ1) is 12.5. The molecular weight excluding hydrogens is 348 g/mol. The fraction of sp³-hybridized carbons (Fsp3) is 0.333. The molecule has 5 heteroatoms. The molecular formula is C21H25ClN2O2. The van der Waals surface area contributed by atoms with Gasteiger partial charge < -0.3 is 10.2 Å². The monoisotopic (exact) mass is 372 g/mol. The summed E-state index contributed by atoms with van der Waals surface area (Å²) in [4.78, 5) is 26.9. The first kappa shape index (κ1) is 20.0. The number of amides is 2. The van der Waals surface area contributed by atoms with Crippen molar-refractivity contribution in [1.29, 1.82) is 0 Å². The lowest BCUT2D eigenvalue weighted by Crippen LogP contribution is -2.49. The van der Waals surface area contributed by atoms with Crippen LogP contribution in [0.15, 0.2) is 54.6 Å². The van der Waals surface area contributed by atoms with E-state index < -0.39 is 6.04 Å². The summed E-state index contributed by atoms with van der Waals surface area (Å²) in [6.07, 6.45) is 1.49. The van der Waals surface area contributed by atoms with E-state index >= 15 is 0 Å². The Bertz CT molecular complexity index is 734. The molecule has 0 fully saturated rings. The van der Waals surface area contributed by atoms with Gasteiger partial charge in [0, 0.05) is 18.6 Å². The van der Waals surface area contributed by atoms with Crippen molar-refractivity contribution in [3.8, 4) is 0 Å². The van der Waals surface area contributed by atoms with Crippen LogP contribution in [-0.4, -0.2) is 36.3 Å². The number of likely N-dealkylation sites (N-methyl/N-ethyl adjacent to an activating group) is 1. The molecule has 2 amide bonds. The minimum absolute atomic E-state index is 0.0707. The second-order valence-corrected chi connectivity index (χ2v) is 6.60. The van der Waals surface area contributed by atoms with Crippen LogP contribution in [0.2, 0.25) is 5.02 Å². The van der Waals surface area contributed by atoms with Crippen molar-refractivity contribution >= 4 is 23.4 Å². The van der Waals surface area contributed by atoms with Crippen molar-refractivity contribution in [3.63, 3.8) is 0 Å². The summed E-state index contributed by atoms with van der Waals surface area (Å²) in [6.45, 7) is 2.41. The Kier molecular flexibility index (Phi) is 7.67. The van der Waals surface area contributed by atoms with E-state index in [2.05, 4.69) is 5.32 Å². The predicted octanol–water partition coefficient (Wildman–Crippen LogP) is 3.48. The number of halogens is 1. The molecule has 4 nitrogen and oxygen atoms in total. The minimum atomic E-state index is -0.476. The molecule has 0 saturated heterocycles. The molecule has 26 heavy (non-hydrogen) atoms. The maximum absolute atomic E-state index is 13.0. The van der Waals surface area contributed by atoms with Crippen LogP contribution in [-0.2, 0) is 22.4 Å². The maximum atomic E-state index is 13.0. The van der Waals surface area contributed by atoms with Gasteiger partial charge in [0.1, 0.15) is 6.04 Å². The maximum Gasteiger partial charge on any atom is 0.242 e. The summed E-state index contributed by atoms with van der Waals surface area (Å²) < 4.78 is 0. The molecule has 0 aliphatic rings. The average molecular weight is 373 g/mol. The smallest absolute Gasteiger partial charge is 0.242 e. The second kappa shape index (κ2) is 9.97. The Balaban J connectivity index is 2.17. The van der Waals surface area contributed by atoms with Crippen LogP contribution in [0.25, 0.3) is 0 Å². The fourth-order valence-corrected chi connectivity index (χ4v) is 3.20. The Morgan fingerprint density at radius 3 is 2.38 bits per heavy atom. The van der Waals surface area contributed by atoms with E-state index in [0.29, 0.717) is 24.4 Å². The summed E-state index contributed by atoms with van der Waals surface area (Å²) in [5, 5.41) is 3.27. The lowest BCUT2D eigenvalue weighted by Gasteiger charge is -2.30. The van der Waals surface area contributed by atoms with Gasteiger partial charge in [0.15, 0.2) is 0 Å². The predicted molar refractivity (Wildman–Crippen MR) is 105 cm³/mol. The standard InChI is InChI=1S/C21H25ClN2O2/c1-3-19(21(26)23-2)24(13-12-16-8-5-4-6-9-16)20(25)15-17-10-7-11-18(22)14-17/h4-11,14,19H,3,12-13,15H2,1-2H3,(H,23,26)/t19-/m0/s1. The molecule has 2 aromatic carbocycles. The largest absolute Gasteiger partial charge is 0.357 e. The molecule has 1 N–H and O–H groups in total. The van der Waals surface area contributed by atoms with Crippen molar-refractivity contribution in [2.75, 3.05) is 13.6 Å². The SMILES string of the molecule is CC[C@@H](C(=O)NC)N(CCc1ccccc1)C(=O)Cc1cccc(Cl)c1. The molecule has 0 heterocycles. The number of rotatable bonds is 8. The van der Waals surface area contributed by atoms with Gasteiger partial charge in [0.2, 0.25) is 11.8 Å². The van der Waals surface area contributed by atoms with Gasteiger partial charge in [-0.3, -0.25) is 9.59 Å². The van der Waals surface area contributed by atoms with Crippen LogP contribution in [0, 0.1) is 0 Å². The Morgan fingerprint density at radius 1 is 1.08 bits per heavy atom. The molecule has 0 aromatic heterocycles. The van der Waals surface area contributed by atoms with Crippen LogP contribution in [0.4, 0.5) is 0 Å². The van der Waals surface area contributed by atoms with Crippen molar-refractivity contribution in [2.45, 2.75) is 32.2 Å². The first-order valence-corrected chi connectivity index (χ1v) is 9.22. The van der Waals surface area contributed by atoms with E-state index in [4.69, 9.17) is 11.6 Å². The molecule has 0 aliphatic heterocycles. The summed E-state index contributed by atoms with van der Waals surface area (Å²) in [5.74, 6) is -0.210. The normalized spacial score (nSPS) is 11.7. The van der Waals surface area contributed by atoms with Gasteiger partial charge in [0.05, 0.1) is 6.42 Å². The van der Waals surface area contributed by atoms with Crippen LogP contribution in [0.5, 0.6) is 0 Å². The van der Waals surface area contributed by atoms with Crippen LogP contribution in [0.1, 0.15) is 24.5 Å². The van der Waals surface area contributed by atoms with Gasteiger partial charge >= 0.3 is 0 Å². The molecule has 138 valence electrons. The van der Waals surface area contributed by atoms with Gasteiger partial charge in [-0.05, 0) is 36.1 Å². The molecule has 0 spiro atoms. The molecule has 2 aromatic rings. The number of carbonyl (C=O) groups is 2. The Hall–Kier alpha value is -2.33. The number of nitrogens with one attached hydrogen (secondary N) is 1. The average Bonchev–Trinajstić information content (AvgIpc) is 2.65. The molecule has 0 radical (unpaired) electrons. The van der Waals surface area contributed by atoms with Gasteiger partial charge in [-0.15, -0.1) is 0 Å². The third-order valence-corrected chi connectivity index (χ3v) is 4.60. The number of benzene rings is 2. The highest BCUT2D eigenvalue weighted by Gasteiger charge is 2.27. The van der Waals surface area contributed by atoms with Gasteiger partial charge in [-0.1, -0.05) is 61.0 Å². The second-order valence-electron chi connectivity index (χ2n) is 6.17. The Labute approximate surface area is 160 Å². The topological polar surface area (TPSA) is 49.4 Å². The fourth-order valence-electron chi connectivity index (χ4n) is 2.99. The van der Waals surface area contributed by atoms with Gasteiger partial charge in [0.25, 0.3) is 0 Å². The van der Waals surface area contributed by atoms with E-state index in [1.165, 1.54) is 0 Å². The molecule has 1 atom stereocenters. The molecule has 0 bridgehead atoms. The van der Waals surface area contributed by atoms with E-state index in [-0.39, 0.29) is 18.2 Å². The van der Waals surface area contributed by atoms with Gasteiger partial charge in [-0.25, -0.2) is 0 Å². The van der Waals surface area contributed by atoms with E-state index in [1.807, 2.05) is 49.4 Å². The summed E-state index contributed by atoms with van der Waals surface area (Å²) in [5.41, 5.74) is 1.98. The van der Waals surface area contributed by atoms with Crippen LogP contribution < -0.4 is 5.32 Å². The van der Waals surface area contributed by atoms with E-state index in [0.717, 1.165) is 11.1 Å². The molecule has 2 rings (SSSR count). The number of nitrogens with zero attached hydrogens (tertiary/aromatic N) is 1. The third kappa shape index (κ3) is 5.60. The Morgan fingerprint density at radius 2 is 1.77 bits per heavy atom. The van der Waals surface area contributed by atoms with Crippen molar-refractivity contribution < 1.29 is 9.59 Å². The highest BCUT2D eigenvalue weighted by molar-refractivity contribution is 6.30. The number of hydrogen-bond donors (Lipinski definition) is 1. The number of hydrogen-bond acceptors (Lipinski definition) is 2. The van der Waals surface area contributed by atoms with Gasteiger partial charge in [-0.2, -0.15) is 0 Å². The summed E-state index contributed by atoms with van der Waals surface area (Å²) in [6, 6.07) is 16.8. The van der Waals surface area contributed by atoms with Crippen molar-refractivity contribution in [1.82, 2.24) is 10.2 Å². The highest BCUT2D eigenvalue weighted by Crippen LogP contribution is 2.15. The highest BCUT2D eigenvalue weighted by atomic mass is 35.5. The zero-order valence-electron chi connectivity index (χ0n) is 15.2. The van der Waals surface area contributed by atoms with E-state index in [1.54, 1.807) is 24.1 Å². The quantitative estimate of drug-likeness (QED) is 0.771. The molecule has 0 saturated carbocycles. The zero-order chi connectivity index (χ0) is 18.9. The van der Waals surface area contributed by atoms with Crippen LogP contribution >= 0.6 is 11.6 Å². The van der Waals surface area contributed by atoms with E-state index in [9.17, 15) is 9.59 Å². The number of carbonyl (C=O) groups excluding carboxylic acids is 2. The minimum Gasteiger partial charge on any atom is -0.357 e. The van der Waals surface area contributed by atoms with Crippen LogP contribution in [0.3, 0.4) is 0 Å². The summed E-state index contributed by atoms with van der Waals surface area (Å²) >= 11 is 6.02. The lowest BCUT2D eigenvalue weighted by molar-refractivity contribution is -0.140. The molecule has 0 aliphatic carbocycles. The molecule has 0 unspecified atom stereocenters. The zero-order valence-corrected chi connectivity index (χ0v) is 16.0. The van der Waals surface area contributed by atoms with Crippen molar-refractivity contribution in [3.05, 3.63) is 70.7 Å². The first-order valence-electron chi connectivity index (χ1n) is 8.84. The third-order valence-electron chi connectivity index (χ3n) is 4.36. The van der Waals surface area contributed by atoms with Crippen molar-refractivity contribution in [2.24, 2.45) is 0 Å².